The number of amides is 1. The number of thiocarbonyl (C=S) groups is 1. The van der Waals surface area contributed by atoms with Gasteiger partial charge in [-0.1, -0.05) is 35.0 Å². The minimum absolute atomic E-state index is 0.224. The predicted molar refractivity (Wildman–Crippen MR) is 127 cm³/mol. The zero-order valence-corrected chi connectivity index (χ0v) is 18.5. The van der Waals surface area contributed by atoms with Crippen LogP contribution in [-0.4, -0.2) is 16.0 Å². The van der Waals surface area contributed by atoms with E-state index in [2.05, 4.69) is 38.5 Å². The number of fused-ring (bicyclic) bond motifs is 1. The van der Waals surface area contributed by atoms with Crippen LogP contribution in [-0.2, 0) is 6.42 Å². The van der Waals surface area contributed by atoms with Crippen molar-refractivity contribution < 1.29 is 9.21 Å². The average Bonchev–Trinajstić information content (AvgIpc) is 3.17. The van der Waals surface area contributed by atoms with Gasteiger partial charge in [0.1, 0.15) is 5.52 Å². The highest BCUT2D eigenvalue weighted by atomic mass is 79.9. The molecule has 4 aromatic rings. The van der Waals surface area contributed by atoms with Crippen LogP contribution >= 0.6 is 28.1 Å². The number of anilines is 1. The Morgan fingerprint density at radius 3 is 2.63 bits per heavy atom. The normalized spacial score (nSPS) is 10.7. The Hall–Kier alpha value is -3.03. The molecule has 2 N–H and O–H groups in total. The third-order valence-corrected chi connectivity index (χ3v) is 5.26. The molecule has 1 amide bonds. The summed E-state index contributed by atoms with van der Waals surface area (Å²) in [6, 6.07) is 20.7. The van der Waals surface area contributed by atoms with Crippen molar-refractivity contribution in [2.75, 3.05) is 5.32 Å². The van der Waals surface area contributed by atoms with Gasteiger partial charge in [-0.05, 0) is 78.8 Å². The third-order valence-electron chi connectivity index (χ3n) is 4.56. The van der Waals surface area contributed by atoms with Crippen molar-refractivity contribution in [1.82, 2.24) is 10.3 Å². The van der Waals surface area contributed by atoms with Crippen molar-refractivity contribution in [3.05, 3.63) is 82.3 Å². The van der Waals surface area contributed by atoms with Crippen LogP contribution in [0.25, 0.3) is 22.6 Å². The molecule has 0 aliphatic rings. The zero-order valence-electron chi connectivity index (χ0n) is 16.1. The van der Waals surface area contributed by atoms with Gasteiger partial charge in [0.2, 0.25) is 5.89 Å². The number of aryl methyl sites for hydroxylation is 1. The number of carbonyl (C=O) groups excluding carboxylic acids is 1. The maximum atomic E-state index is 12.3. The predicted octanol–water partition coefficient (Wildman–Crippen LogP) is 5.95. The third kappa shape index (κ3) is 4.58. The number of aromatic nitrogens is 1. The highest BCUT2D eigenvalue weighted by molar-refractivity contribution is 9.10. The van der Waals surface area contributed by atoms with E-state index in [9.17, 15) is 4.79 Å². The number of benzene rings is 3. The van der Waals surface area contributed by atoms with Crippen molar-refractivity contribution in [2.45, 2.75) is 13.3 Å². The molecule has 5 nitrogen and oxygen atoms in total. The molecule has 0 bridgehead atoms. The van der Waals surface area contributed by atoms with Crippen molar-refractivity contribution in [3.8, 4) is 11.5 Å². The molecule has 0 atom stereocenters. The molecule has 0 saturated heterocycles. The summed E-state index contributed by atoms with van der Waals surface area (Å²) < 4.78 is 6.70. The Balaban J connectivity index is 1.43. The lowest BCUT2D eigenvalue weighted by Crippen LogP contribution is -2.34. The van der Waals surface area contributed by atoms with Gasteiger partial charge < -0.3 is 9.73 Å². The Kier molecular flexibility index (Phi) is 5.92. The molecular weight excluding hydrogens is 462 g/mol. The zero-order chi connectivity index (χ0) is 21.1. The van der Waals surface area contributed by atoms with Crippen molar-refractivity contribution in [3.63, 3.8) is 0 Å². The van der Waals surface area contributed by atoms with E-state index in [4.69, 9.17) is 16.6 Å². The van der Waals surface area contributed by atoms with Crippen LogP contribution in [0.15, 0.2) is 75.6 Å². The molecule has 0 radical (unpaired) electrons. The van der Waals surface area contributed by atoms with Crippen molar-refractivity contribution >= 4 is 56.0 Å². The molecule has 1 heterocycles. The first-order valence-corrected chi connectivity index (χ1v) is 10.6. The second-order valence-electron chi connectivity index (χ2n) is 6.67. The lowest BCUT2D eigenvalue weighted by molar-refractivity contribution is 0.0977. The van der Waals surface area contributed by atoms with Crippen LogP contribution in [0, 0.1) is 0 Å². The van der Waals surface area contributed by atoms with Gasteiger partial charge in [-0.15, -0.1) is 0 Å². The first kappa shape index (κ1) is 20.3. The summed E-state index contributed by atoms with van der Waals surface area (Å²) in [5.74, 6) is 0.290. The van der Waals surface area contributed by atoms with Crippen LogP contribution in [0.4, 0.5) is 5.69 Å². The summed E-state index contributed by atoms with van der Waals surface area (Å²) in [6.07, 6.45) is 0.955. The number of nitrogens with zero attached hydrogens (tertiary/aromatic N) is 1. The van der Waals surface area contributed by atoms with E-state index < -0.39 is 0 Å². The van der Waals surface area contributed by atoms with E-state index in [1.54, 1.807) is 18.2 Å². The summed E-state index contributed by atoms with van der Waals surface area (Å²) in [5.41, 5.74) is 4.97. The molecule has 0 unspecified atom stereocenters. The van der Waals surface area contributed by atoms with Crippen LogP contribution in [0.2, 0.25) is 0 Å². The van der Waals surface area contributed by atoms with Gasteiger partial charge in [-0.2, -0.15) is 0 Å². The minimum Gasteiger partial charge on any atom is -0.436 e. The molecule has 4 rings (SSSR count). The minimum atomic E-state index is -0.275. The molecule has 0 saturated carbocycles. The maximum Gasteiger partial charge on any atom is 0.257 e. The van der Waals surface area contributed by atoms with Gasteiger partial charge in [-0.3, -0.25) is 10.1 Å². The first-order chi connectivity index (χ1) is 14.5. The SMILES string of the molecule is CCc1ccc2oc(-c3ccc(NC(=S)NC(=O)c4cccc(Br)c4)cc3)nc2c1. The van der Waals surface area contributed by atoms with Crippen LogP contribution in [0.5, 0.6) is 0 Å². The molecule has 0 fully saturated rings. The number of hydrogen-bond donors (Lipinski definition) is 2. The molecule has 0 aliphatic heterocycles. The highest BCUT2D eigenvalue weighted by Crippen LogP contribution is 2.26. The summed E-state index contributed by atoms with van der Waals surface area (Å²) in [6.45, 7) is 2.11. The number of rotatable bonds is 4. The standard InChI is InChI=1S/C23H18BrN3O2S/c1-2-14-6-11-20-19(12-14)26-22(29-20)15-7-9-18(10-8-15)25-23(30)27-21(28)16-4-3-5-17(24)13-16/h3-13H,2H2,1H3,(H2,25,27,28,30). The number of hydrogen-bond acceptors (Lipinski definition) is 4. The second-order valence-corrected chi connectivity index (χ2v) is 7.99. The Labute approximate surface area is 187 Å². The summed E-state index contributed by atoms with van der Waals surface area (Å²) in [5, 5.41) is 5.91. The van der Waals surface area contributed by atoms with E-state index in [1.165, 1.54) is 5.56 Å². The molecule has 1 aromatic heterocycles. The molecule has 150 valence electrons. The van der Waals surface area contributed by atoms with Gasteiger partial charge in [0, 0.05) is 21.3 Å². The van der Waals surface area contributed by atoms with Gasteiger partial charge in [0.15, 0.2) is 10.7 Å². The fraction of sp³-hybridized carbons (Fsp3) is 0.0870. The molecule has 0 spiro atoms. The van der Waals surface area contributed by atoms with E-state index in [0.29, 0.717) is 11.5 Å². The smallest absolute Gasteiger partial charge is 0.257 e. The average molecular weight is 480 g/mol. The summed E-state index contributed by atoms with van der Waals surface area (Å²) >= 11 is 8.61. The van der Waals surface area contributed by atoms with Gasteiger partial charge in [-0.25, -0.2) is 4.98 Å². The number of carbonyl (C=O) groups is 1. The first-order valence-electron chi connectivity index (χ1n) is 9.39. The van der Waals surface area contributed by atoms with E-state index in [0.717, 1.165) is 33.2 Å². The maximum absolute atomic E-state index is 12.3. The molecule has 0 aliphatic carbocycles. The lowest BCUT2D eigenvalue weighted by Gasteiger charge is -2.10. The topological polar surface area (TPSA) is 67.2 Å². The van der Waals surface area contributed by atoms with E-state index in [-0.39, 0.29) is 11.0 Å². The van der Waals surface area contributed by atoms with Crippen molar-refractivity contribution in [1.29, 1.82) is 0 Å². The highest BCUT2D eigenvalue weighted by Gasteiger charge is 2.10. The monoisotopic (exact) mass is 479 g/mol. The second kappa shape index (κ2) is 8.77. The molecule has 7 heteroatoms. The van der Waals surface area contributed by atoms with Gasteiger partial charge >= 0.3 is 0 Å². The Morgan fingerprint density at radius 1 is 1.10 bits per heavy atom. The van der Waals surface area contributed by atoms with Crippen LogP contribution in [0.1, 0.15) is 22.8 Å². The Bertz CT molecular complexity index is 1230. The molecular formula is C23H18BrN3O2S. The Morgan fingerprint density at radius 2 is 1.90 bits per heavy atom. The molecule has 3 aromatic carbocycles. The van der Waals surface area contributed by atoms with Gasteiger partial charge in [0.05, 0.1) is 0 Å². The van der Waals surface area contributed by atoms with Crippen molar-refractivity contribution in [2.24, 2.45) is 0 Å². The quantitative estimate of drug-likeness (QED) is 0.354. The number of nitrogens with one attached hydrogen (secondary N) is 2. The van der Waals surface area contributed by atoms with Gasteiger partial charge in [0.25, 0.3) is 5.91 Å². The summed E-state index contributed by atoms with van der Waals surface area (Å²) in [7, 11) is 0. The number of halogens is 1. The van der Waals surface area contributed by atoms with E-state index in [1.807, 2.05) is 48.5 Å². The largest absolute Gasteiger partial charge is 0.436 e. The summed E-state index contributed by atoms with van der Waals surface area (Å²) in [4.78, 5) is 16.9. The fourth-order valence-corrected chi connectivity index (χ4v) is 3.59. The number of oxazole rings is 1. The van der Waals surface area contributed by atoms with Crippen LogP contribution < -0.4 is 10.6 Å². The van der Waals surface area contributed by atoms with E-state index >= 15 is 0 Å². The lowest BCUT2D eigenvalue weighted by atomic mass is 10.1. The fourth-order valence-electron chi connectivity index (χ4n) is 2.98. The molecule has 30 heavy (non-hydrogen) atoms. The van der Waals surface area contributed by atoms with Crippen LogP contribution in [0.3, 0.4) is 0 Å².